The zero-order valence-corrected chi connectivity index (χ0v) is 11.0. The van der Waals surface area contributed by atoms with Crippen LogP contribution in [0.15, 0.2) is 0 Å². The van der Waals surface area contributed by atoms with Crippen LogP contribution in [0, 0.1) is 5.92 Å². The Bertz CT molecular complexity index is 239. The van der Waals surface area contributed by atoms with Gasteiger partial charge in [-0.1, -0.05) is 0 Å². The Labute approximate surface area is 108 Å². The molecule has 1 saturated carbocycles. The third-order valence-corrected chi connectivity index (χ3v) is 3.80. The van der Waals surface area contributed by atoms with Gasteiger partial charge in [-0.2, -0.15) is 0 Å². The molecule has 17 heavy (non-hydrogen) atoms. The Hall–Kier alpha value is 0.0700. The number of hydrogen-bond acceptors (Lipinski definition) is 2. The summed E-state index contributed by atoms with van der Waals surface area (Å²) in [6.07, 6.45) is 4.00. The van der Waals surface area contributed by atoms with Crippen LogP contribution in [-0.4, -0.2) is 36.5 Å². The van der Waals surface area contributed by atoms with Crippen LogP contribution in [0.1, 0.15) is 38.5 Å². The highest BCUT2D eigenvalue weighted by molar-refractivity contribution is 5.85. The molecule has 0 aromatic heterocycles. The molecule has 2 fully saturated rings. The molecule has 0 radical (unpaired) electrons. The summed E-state index contributed by atoms with van der Waals surface area (Å²) in [4.78, 5) is 2.28. The van der Waals surface area contributed by atoms with Crippen LogP contribution < -0.4 is 5.73 Å². The lowest BCUT2D eigenvalue weighted by molar-refractivity contribution is -0.0576. The van der Waals surface area contributed by atoms with Crippen molar-refractivity contribution in [1.82, 2.24) is 4.90 Å². The normalized spacial score (nSPS) is 34.1. The maximum atomic E-state index is 13.2. The van der Waals surface area contributed by atoms with E-state index in [-0.39, 0.29) is 37.2 Å². The summed E-state index contributed by atoms with van der Waals surface area (Å²) < 4.78 is 26.5. The van der Waals surface area contributed by atoms with Crippen LogP contribution in [0.5, 0.6) is 0 Å². The monoisotopic (exact) mass is 268 g/mol. The molecule has 1 aliphatic heterocycles. The predicted molar refractivity (Wildman–Crippen MR) is 67.8 cm³/mol. The summed E-state index contributed by atoms with van der Waals surface area (Å²) in [6.45, 7) is 2.75. The quantitative estimate of drug-likeness (QED) is 0.834. The van der Waals surface area contributed by atoms with Crippen LogP contribution in [0.3, 0.4) is 0 Å². The second kappa shape index (κ2) is 6.30. The molecule has 0 amide bonds. The Kier molecular flexibility index (Phi) is 5.61. The van der Waals surface area contributed by atoms with Crippen LogP contribution >= 0.6 is 12.4 Å². The molecule has 0 bridgehead atoms. The van der Waals surface area contributed by atoms with Crippen molar-refractivity contribution in [3.8, 4) is 0 Å². The Morgan fingerprint density at radius 1 is 1.24 bits per heavy atom. The topological polar surface area (TPSA) is 29.3 Å². The summed E-state index contributed by atoms with van der Waals surface area (Å²) in [5, 5.41) is 0. The van der Waals surface area contributed by atoms with Crippen LogP contribution in [0.2, 0.25) is 0 Å². The van der Waals surface area contributed by atoms with E-state index >= 15 is 0 Å². The Morgan fingerprint density at radius 2 is 2.00 bits per heavy atom. The predicted octanol–water partition coefficient (Wildman–Crippen LogP) is 2.66. The number of hydrogen-bond donors (Lipinski definition) is 1. The largest absolute Gasteiger partial charge is 0.327 e. The maximum Gasteiger partial charge on any atom is 0.248 e. The molecule has 2 atom stereocenters. The van der Waals surface area contributed by atoms with Crippen molar-refractivity contribution in [2.45, 2.75) is 50.5 Å². The minimum absolute atomic E-state index is 0. The van der Waals surface area contributed by atoms with Crippen LogP contribution in [0.25, 0.3) is 0 Å². The average molecular weight is 269 g/mol. The van der Waals surface area contributed by atoms with Crippen molar-refractivity contribution < 1.29 is 8.78 Å². The molecular weight excluding hydrogens is 246 g/mol. The van der Waals surface area contributed by atoms with Gasteiger partial charge in [-0.05, 0) is 38.1 Å². The SMILES string of the molecule is Cl.NC1CCCN(CC2CCCC(F)(F)C2)C1. The molecule has 2 nitrogen and oxygen atoms in total. The van der Waals surface area contributed by atoms with Gasteiger partial charge in [0.15, 0.2) is 0 Å². The first-order valence-corrected chi connectivity index (χ1v) is 6.41. The van der Waals surface area contributed by atoms with E-state index in [0.717, 1.165) is 38.9 Å². The Balaban J connectivity index is 0.00000144. The third kappa shape index (κ3) is 4.68. The minimum atomic E-state index is -2.42. The number of likely N-dealkylation sites (tertiary alicyclic amines) is 1. The maximum absolute atomic E-state index is 13.2. The van der Waals surface area contributed by atoms with Gasteiger partial charge < -0.3 is 10.6 Å². The molecule has 0 aromatic carbocycles. The van der Waals surface area contributed by atoms with E-state index in [1.807, 2.05) is 0 Å². The fourth-order valence-electron chi connectivity index (χ4n) is 3.05. The van der Waals surface area contributed by atoms with Gasteiger partial charge in [0.1, 0.15) is 0 Å². The zero-order chi connectivity index (χ0) is 11.6. The highest BCUT2D eigenvalue weighted by atomic mass is 35.5. The van der Waals surface area contributed by atoms with Gasteiger partial charge in [-0.3, -0.25) is 0 Å². The van der Waals surface area contributed by atoms with Gasteiger partial charge in [0.05, 0.1) is 0 Å². The van der Waals surface area contributed by atoms with E-state index in [4.69, 9.17) is 5.73 Å². The Morgan fingerprint density at radius 3 is 2.65 bits per heavy atom. The first-order valence-electron chi connectivity index (χ1n) is 6.41. The number of nitrogens with zero attached hydrogens (tertiary/aromatic N) is 1. The standard InChI is InChI=1S/C12H22F2N2.ClH/c13-12(14)5-1-3-10(7-12)8-16-6-2-4-11(15)9-16;/h10-11H,1-9,15H2;1H. The molecule has 5 heteroatoms. The van der Waals surface area contributed by atoms with Gasteiger partial charge in [-0.25, -0.2) is 8.78 Å². The lowest BCUT2D eigenvalue weighted by atomic mass is 9.86. The first kappa shape index (κ1) is 15.1. The van der Waals surface area contributed by atoms with E-state index in [1.54, 1.807) is 0 Å². The summed E-state index contributed by atoms with van der Waals surface area (Å²) in [5.41, 5.74) is 5.89. The molecule has 1 saturated heterocycles. The second-order valence-electron chi connectivity index (χ2n) is 5.48. The molecular formula is C12H23ClF2N2. The van der Waals surface area contributed by atoms with E-state index < -0.39 is 5.92 Å². The number of piperidine rings is 1. The summed E-state index contributed by atoms with van der Waals surface area (Å²) in [7, 11) is 0. The minimum Gasteiger partial charge on any atom is -0.327 e. The number of alkyl halides is 2. The second-order valence-corrected chi connectivity index (χ2v) is 5.48. The lowest BCUT2D eigenvalue weighted by Crippen LogP contribution is -2.45. The fraction of sp³-hybridized carbons (Fsp3) is 1.00. The molecule has 1 aliphatic carbocycles. The highest BCUT2D eigenvalue weighted by Crippen LogP contribution is 2.37. The molecule has 2 N–H and O–H groups in total. The van der Waals surface area contributed by atoms with Gasteiger partial charge in [0, 0.05) is 32.0 Å². The van der Waals surface area contributed by atoms with Crippen molar-refractivity contribution in [2.24, 2.45) is 11.7 Å². The van der Waals surface area contributed by atoms with E-state index in [0.29, 0.717) is 6.42 Å². The third-order valence-electron chi connectivity index (χ3n) is 3.80. The molecule has 0 spiro atoms. The smallest absolute Gasteiger partial charge is 0.248 e. The zero-order valence-electron chi connectivity index (χ0n) is 10.2. The van der Waals surface area contributed by atoms with Gasteiger partial charge >= 0.3 is 0 Å². The van der Waals surface area contributed by atoms with Crippen molar-refractivity contribution in [1.29, 1.82) is 0 Å². The molecule has 0 aromatic rings. The van der Waals surface area contributed by atoms with E-state index in [1.165, 1.54) is 0 Å². The van der Waals surface area contributed by atoms with Crippen molar-refractivity contribution in [2.75, 3.05) is 19.6 Å². The number of halogens is 3. The van der Waals surface area contributed by atoms with Crippen LogP contribution in [-0.2, 0) is 0 Å². The average Bonchev–Trinajstić information content (AvgIpc) is 2.15. The molecule has 1 heterocycles. The van der Waals surface area contributed by atoms with Crippen molar-refractivity contribution in [3.63, 3.8) is 0 Å². The fourth-order valence-corrected chi connectivity index (χ4v) is 3.05. The molecule has 2 rings (SSSR count). The number of nitrogens with two attached hydrogens (primary N) is 1. The van der Waals surface area contributed by atoms with E-state index in [2.05, 4.69) is 4.90 Å². The highest BCUT2D eigenvalue weighted by Gasteiger charge is 2.36. The van der Waals surface area contributed by atoms with Gasteiger partial charge in [0.25, 0.3) is 0 Å². The molecule has 102 valence electrons. The van der Waals surface area contributed by atoms with Crippen molar-refractivity contribution in [3.05, 3.63) is 0 Å². The van der Waals surface area contributed by atoms with Gasteiger partial charge in [-0.15, -0.1) is 12.4 Å². The van der Waals surface area contributed by atoms with Crippen molar-refractivity contribution >= 4 is 12.4 Å². The summed E-state index contributed by atoms with van der Waals surface area (Å²) >= 11 is 0. The number of rotatable bonds is 2. The van der Waals surface area contributed by atoms with Crippen LogP contribution in [0.4, 0.5) is 8.78 Å². The van der Waals surface area contributed by atoms with E-state index in [9.17, 15) is 8.78 Å². The molecule has 2 aliphatic rings. The first-order chi connectivity index (χ1) is 7.55. The van der Waals surface area contributed by atoms with Gasteiger partial charge in [0.2, 0.25) is 5.92 Å². The summed E-state index contributed by atoms with van der Waals surface area (Å²) in [6, 6.07) is 0.248. The molecule has 2 unspecified atom stereocenters. The lowest BCUT2D eigenvalue weighted by Gasteiger charge is -2.36. The summed E-state index contributed by atoms with van der Waals surface area (Å²) in [5.74, 6) is -2.24.